The largest absolute Gasteiger partial charge is 0.481 e. The fourth-order valence-electron chi connectivity index (χ4n) is 2.33. The van der Waals surface area contributed by atoms with Crippen molar-refractivity contribution < 1.29 is 23.1 Å². The smallest absolute Gasteiger partial charge is 0.310 e. The molecule has 0 spiro atoms. The molecule has 2 N–H and O–H groups in total. The third kappa shape index (κ3) is 4.67. The molecule has 1 fully saturated rings. The number of hydrogen-bond acceptors (Lipinski definition) is 4. The Hall–Kier alpha value is -1.15. The molecule has 0 bridgehead atoms. The zero-order chi connectivity index (χ0) is 16.1. The minimum atomic E-state index is -3.19. The summed E-state index contributed by atoms with van der Waals surface area (Å²) in [5.74, 6) is -1.13. The number of carboxylic acid groups (broad SMARTS) is 1. The highest BCUT2D eigenvalue weighted by Gasteiger charge is 2.45. The van der Waals surface area contributed by atoms with Crippen molar-refractivity contribution in [1.29, 1.82) is 0 Å². The summed E-state index contributed by atoms with van der Waals surface area (Å²) in [6.07, 6.45) is 2.45. The number of nitrogens with one attached hydrogen (secondary N) is 1. The van der Waals surface area contributed by atoms with E-state index in [0.717, 1.165) is 6.42 Å². The van der Waals surface area contributed by atoms with Gasteiger partial charge in [-0.25, -0.2) is 12.7 Å². The fraction of sp³-hybridized carbons (Fsp3) is 0.846. The number of hydrogen-bond donors (Lipinski definition) is 2. The highest BCUT2D eigenvalue weighted by atomic mass is 32.2. The Morgan fingerprint density at radius 3 is 2.38 bits per heavy atom. The minimum Gasteiger partial charge on any atom is -0.481 e. The maximum Gasteiger partial charge on any atom is 0.310 e. The first-order valence-corrected chi connectivity index (χ1v) is 8.78. The van der Waals surface area contributed by atoms with Crippen molar-refractivity contribution in [3.63, 3.8) is 0 Å². The molecular formula is C13H24N2O5S. The van der Waals surface area contributed by atoms with Crippen LogP contribution in [0.3, 0.4) is 0 Å². The van der Waals surface area contributed by atoms with Crippen molar-refractivity contribution in [3.8, 4) is 0 Å². The molecule has 0 radical (unpaired) electrons. The second kappa shape index (κ2) is 7.22. The Morgan fingerprint density at radius 1 is 1.33 bits per heavy atom. The van der Waals surface area contributed by atoms with E-state index in [9.17, 15) is 18.0 Å². The van der Waals surface area contributed by atoms with Crippen molar-refractivity contribution in [2.45, 2.75) is 39.0 Å². The van der Waals surface area contributed by atoms with Crippen LogP contribution in [0.15, 0.2) is 0 Å². The Labute approximate surface area is 125 Å². The number of rotatable bonds is 9. The van der Waals surface area contributed by atoms with Gasteiger partial charge in [-0.15, -0.1) is 0 Å². The molecule has 0 aromatic rings. The first-order valence-electron chi connectivity index (χ1n) is 7.17. The average Bonchev–Trinajstić information content (AvgIpc) is 2.38. The van der Waals surface area contributed by atoms with Gasteiger partial charge in [0.2, 0.25) is 15.9 Å². The van der Waals surface area contributed by atoms with Gasteiger partial charge in [0.25, 0.3) is 0 Å². The van der Waals surface area contributed by atoms with Crippen LogP contribution in [0.5, 0.6) is 0 Å². The number of sulfonamides is 1. The molecule has 0 atom stereocenters. The van der Waals surface area contributed by atoms with E-state index < -0.39 is 21.4 Å². The van der Waals surface area contributed by atoms with Gasteiger partial charge in [0, 0.05) is 26.6 Å². The molecule has 0 unspecified atom stereocenters. The van der Waals surface area contributed by atoms with Gasteiger partial charge >= 0.3 is 5.97 Å². The van der Waals surface area contributed by atoms with E-state index in [2.05, 4.69) is 5.32 Å². The van der Waals surface area contributed by atoms with Gasteiger partial charge in [-0.05, 0) is 26.2 Å². The van der Waals surface area contributed by atoms with Gasteiger partial charge in [0.15, 0.2) is 0 Å². The predicted molar refractivity (Wildman–Crippen MR) is 78.3 cm³/mol. The summed E-state index contributed by atoms with van der Waals surface area (Å²) in [4.78, 5) is 22.9. The molecular weight excluding hydrogens is 296 g/mol. The van der Waals surface area contributed by atoms with E-state index >= 15 is 0 Å². The summed E-state index contributed by atoms with van der Waals surface area (Å²) < 4.78 is 24.3. The lowest BCUT2D eigenvalue weighted by Crippen LogP contribution is -2.43. The molecule has 7 nitrogen and oxygen atoms in total. The monoisotopic (exact) mass is 320 g/mol. The Balaban J connectivity index is 2.27. The summed E-state index contributed by atoms with van der Waals surface area (Å²) in [6, 6.07) is 0. The van der Waals surface area contributed by atoms with Crippen LogP contribution < -0.4 is 5.32 Å². The summed E-state index contributed by atoms with van der Waals surface area (Å²) in [7, 11) is -1.68. The predicted octanol–water partition coefficient (Wildman–Crippen LogP) is 0.419. The van der Waals surface area contributed by atoms with Gasteiger partial charge in [-0.2, -0.15) is 0 Å². The summed E-state index contributed by atoms with van der Waals surface area (Å²) >= 11 is 0. The van der Waals surface area contributed by atoms with Crippen LogP contribution in [0, 0.1) is 5.41 Å². The molecule has 122 valence electrons. The molecule has 1 amide bonds. The SMILES string of the molecule is CCS(=O)(=O)N(C)CCCNC(=O)CC1(C(=O)O)CCC1. The number of nitrogens with zero attached hydrogens (tertiary/aromatic N) is 1. The second-order valence-electron chi connectivity index (χ2n) is 5.54. The summed E-state index contributed by atoms with van der Waals surface area (Å²) in [5.41, 5.74) is -0.883. The molecule has 0 aromatic carbocycles. The molecule has 0 aromatic heterocycles. The van der Waals surface area contributed by atoms with Crippen molar-refractivity contribution in [2.24, 2.45) is 5.41 Å². The van der Waals surface area contributed by atoms with E-state index in [1.165, 1.54) is 11.4 Å². The van der Waals surface area contributed by atoms with Crippen molar-refractivity contribution in [1.82, 2.24) is 9.62 Å². The molecule has 0 saturated heterocycles. The molecule has 21 heavy (non-hydrogen) atoms. The zero-order valence-electron chi connectivity index (χ0n) is 12.6. The van der Waals surface area contributed by atoms with Crippen LogP contribution in [-0.4, -0.2) is 55.6 Å². The highest BCUT2D eigenvalue weighted by molar-refractivity contribution is 7.89. The van der Waals surface area contributed by atoms with Crippen LogP contribution in [0.1, 0.15) is 39.0 Å². The van der Waals surface area contributed by atoms with E-state index in [1.54, 1.807) is 6.92 Å². The lowest BCUT2D eigenvalue weighted by atomic mass is 9.66. The van der Waals surface area contributed by atoms with Gasteiger partial charge < -0.3 is 10.4 Å². The van der Waals surface area contributed by atoms with Crippen LogP contribution >= 0.6 is 0 Å². The van der Waals surface area contributed by atoms with Crippen LogP contribution in [0.2, 0.25) is 0 Å². The zero-order valence-corrected chi connectivity index (χ0v) is 13.4. The molecule has 1 rings (SSSR count). The minimum absolute atomic E-state index is 0.00539. The highest BCUT2D eigenvalue weighted by Crippen LogP contribution is 2.44. The number of aliphatic carboxylic acids is 1. The van der Waals surface area contributed by atoms with Crippen LogP contribution in [-0.2, 0) is 19.6 Å². The average molecular weight is 320 g/mol. The maximum absolute atomic E-state index is 11.7. The molecule has 0 heterocycles. The Bertz CT molecular complexity index is 485. The first-order chi connectivity index (χ1) is 9.73. The first kappa shape index (κ1) is 17.9. The normalized spacial score (nSPS) is 17.3. The topological polar surface area (TPSA) is 104 Å². The molecule has 8 heteroatoms. The van der Waals surface area contributed by atoms with Crippen LogP contribution in [0.4, 0.5) is 0 Å². The Morgan fingerprint density at radius 2 is 1.95 bits per heavy atom. The van der Waals surface area contributed by atoms with E-state index in [0.29, 0.717) is 32.4 Å². The number of amides is 1. The van der Waals surface area contributed by atoms with E-state index in [4.69, 9.17) is 5.11 Å². The molecule has 1 aliphatic carbocycles. The Kier molecular flexibility index (Phi) is 6.15. The maximum atomic E-state index is 11.7. The van der Waals surface area contributed by atoms with Crippen LogP contribution in [0.25, 0.3) is 0 Å². The van der Waals surface area contributed by atoms with Crippen molar-refractivity contribution in [3.05, 3.63) is 0 Å². The van der Waals surface area contributed by atoms with E-state index in [-0.39, 0.29) is 18.1 Å². The third-order valence-corrected chi connectivity index (χ3v) is 5.94. The quantitative estimate of drug-likeness (QED) is 0.599. The third-order valence-electron chi connectivity index (χ3n) is 4.07. The fourth-order valence-corrected chi connectivity index (χ4v) is 3.18. The van der Waals surface area contributed by atoms with E-state index in [1.807, 2.05) is 0 Å². The number of carbonyl (C=O) groups excluding carboxylic acids is 1. The van der Waals surface area contributed by atoms with Gasteiger partial charge in [0.05, 0.1) is 11.2 Å². The summed E-state index contributed by atoms with van der Waals surface area (Å²) in [6.45, 7) is 2.26. The molecule has 1 saturated carbocycles. The van der Waals surface area contributed by atoms with Gasteiger partial charge in [-0.3, -0.25) is 9.59 Å². The molecule has 1 aliphatic rings. The lowest BCUT2D eigenvalue weighted by Gasteiger charge is -2.36. The van der Waals surface area contributed by atoms with Crippen molar-refractivity contribution >= 4 is 21.9 Å². The number of carboxylic acids is 1. The standard InChI is InChI=1S/C13H24N2O5S/c1-3-21(19,20)15(2)9-5-8-14-11(16)10-13(12(17)18)6-4-7-13/h3-10H2,1-2H3,(H,14,16)(H,17,18). The number of carbonyl (C=O) groups is 2. The molecule has 0 aliphatic heterocycles. The second-order valence-corrected chi connectivity index (χ2v) is 7.91. The van der Waals surface area contributed by atoms with Gasteiger partial charge in [0.1, 0.15) is 0 Å². The van der Waals surface area contributed by atoms with Gasteiger partial charge in [-0.1, -0.05) is 6.42 Å². The van der Waals surface area contributed by atoms with Crippen molar-refractivity contribution in [2.75, 3.05) is 25.9 Å². The summed E-state index contributed by atoms with van der Waals surface area (Å²) in [5, 5.41) is 11.8. The lowest BCUT2D eigenvalue weighted by molar-refractivity contribution is -0.157.